The molecule has 96 valence electrons. The molecule has 17 heavy (non-hydrogen) atoms. The normalized spacial score (nSPS) is 11.5. The molecule has 0 saturated heterocycles. The molecular weight excluding hydrogens is 291 g/mol. The first-order valence-corrected chi connectivity index (χ1v) is 5.89. The third-order valence-corrected chi connectivity index (χ3v) is 3.21. The van der Waals surface area contributed by atoms with Gasteiger partial charge in [0.05, 0.1) is 25.3 Å². The van der Waals surface area contributed by atoms with E-state index >= 15 is 0 Å². The van der Waals surface area contributed by atoms with E-state index in [0.29, 0.717) is 17.1 Å². The Morgan fingerprint density at radius 3 is 2.35 bits per heavy atom. The molecule has 0 bridgehead atoms. The Bertz CT molecular complexity index is 419. The van der Waals surface area contributed by atoms with E-state index in [4.69, 9.17) is 9.47 Å². The number of methoxy groups -OCH3 is 2. The first kappa shape index (κ1) is 14.3. The van der Waals surface area contributed by atoms with E-state index in [2.05, 4.69) is 15.9 Å². The Labute approximate surface area is 109 Å². The Hall–Kier alpha value is -0.810. The highest BCUT2D eigenvalue weighted by Gasteiger charge is 2.31. The zero-order chi connectivity index (χ0) is 13.2. The first-order chi connectivity index (χ1) is 7.88. The summed E-state index contributed by atoms with van der Waals surface area (Å²) in [5, 5.41) is 9.37. The molecule has 3 nitrogen and oxygen atoms in total. The van der Waals surface area contributed by atoms with Crippen LogP contribution in [0.25, 0.3) is 0 Å². The van der Waals surface area contributed by atoms with Crippen molar-refractivity contribution in [3.63, 3.8) is 0 Å². The Morgan fingerprint density at radius 2 is 1.94 bits per heavy atom. The van der Waals surface area contributed by atoms with Gasteiger partial charge in [-0.3, -0.25) is 0 Å². The molecular formula is C12H16BrFO3. The van der Waals surface area contributed by atoms with Crippen LogP contribution in [0.5, 0.6) is 11.5 Å². The van der Waals surface area contributed by atoms with Crippen molar-refractivity contribution in [3.05, 3.63) is 21.9 Å². The van der Waals surface area contributed by atoms with Gasteiger partial charge in [-0.1, -0.05) is 13.8 Å². The third kappa shape index (κ3) is 2.55. The summed E-state index contributed by atoms with van der Waals surface area (Å²) in [5.41, 5.74) is -0.458. The fraction of sp³-hybridized carbons (Fsp3) is 0.500. The predicted molar refractivity (Wildman–Crippen MR) is 67.3 cm³/mol. The minimum absolute atomic E-state index is 0.195. The summed E-state index contributed by atoms with van der Waals surface area (Å²) in [5.74, 6) is 0.297. The molecule has 0 aliphatic carbocycles. The maximum absolute atomic E-state index is 14.2. The quantitative estimate of drug-likeness (QED) is 0.929. The summed E-state index contributed by atoms with van der Waals surface area (Å²) >= 11 is 3.13. The number of aliphatic hydroxyl groups is 1. The van der Waals surface area contributed by atoms with Crippen molar-refractivity contribution in [1.82, 2.24) is 0 Å². The van der Waals surface area contributed by atoms with Gasteiger partial charge in [-0.25, -0.2) is 4.39 Å². The topological polar surface area (TPSA) is 38.7 Å². The van der Waals surface area contributed by atoms with E-state index in [1.54, 1.807) is 13.8 Å². The van der Waals surface area contributed by atoms with Gasteiger partial charge < -0.3 is 14.6 Å². The predicted octanol–water partition coefficient (Wildman–Crippen LogP) is 2.88. The molecule has 0 aliphatic heterocycles. The molecule has 1 N–H and O–H groups in total. The lowest BCUT2D eigenvalue weighted by Gasteiger charge is -2.26. The molecule has 1 aromatic carbocycles. The summed E-state index contributed by atoms with van der Waals surface area (Å²) in [6.45, 7) is 3.28. The fourth-order valence-electron chi connectivity index (χ4n) is 1.62. The fourth-order valence-corrected chi connectivity index (χ4v) is 2.03. The molecule has 0 unspecified atom stereocenters. The number of hydrogen-bond acceptors (Lipinski definition) is 3. The van der Waals surface area contributed by atoms with Crippen molar-refractivity contribution in [1.29, 1.82) is 0 Å². The van der Waals surface area contributed by atoms with Crippen LogP contribution in [0.4, 0.5) is 4.39 Å². The van der Waals surface area contributed by atoms with Crippen molar-refractivity contribution >= 4 is 15.9 Å². The summed E-state index contributed by atoms with van der Waals surface area (Å²) in [7, 11) is 2.93. The third-order valence-electron chi connectivity index (χ3n) is 2.63. The SMILES string of the molecule is COc1cc(Br)c(F)c(C(C)(C)CO)c1OC. The monoisotopic (exact) mass is 306 g/mol. The summed E-state index contributed by atoms with van der Waals surface area (Å²) in [6, 6.07) is 1.51. The van der Waals surface area contributed by atoms with Crippen LogP contribution in [-0.2, 0) is 5.41 Å². The van der Waals surface area contributed by atoms with E-state index in [9.17, 15) is 9.50 Å². The van der Waals surface area contributed by atoms with Gasteiger partial charge in [0.25, 0.3) is 0 Å². The Balaban J connectivity index is 3.60. The molecule has 1 aromatic rings. The van der Waals surface area contributed by atoms with Gasteiger partial charge in [-0.2, -0.15) is 0 Å². The number of aliphatic hydroxyl groups excluding tert-OH is 1. The van der Waals surface area contributed by atoms with Crippen molar-refractivity contribution in [3.8, 4) is 11.5 Å². The lowest BCUT2D eigenvalue weighted by Crippen LogP contribution is -2.25. The second-order valence-electron chi connectivity index (χ2n) is 4.32. The number of ether oxygens (including phenoxy) is 2. The zero-order valence-electron chi connectivity index (χ0n) is 10.3. The van der Waals surface area contributed by atoms with Gasteiger partial charge in [0.2, 0.25) is 0 Å². The maximum atomic E-state index is 14.2. The van der Waals surface area contributed by atoms with Crippen LogP contribution in [0, 0.1) is 5.82 Å². The molecule has 0 fully saturated rings. The number of hydrogen-bond donors (Lipinski definition) is 1. The number of halogens is 2. The molecule has 0 radical (unpaired) electrons. The largest absolute Gasteiger partial charge is 0.493 e. The average molecular weight is 307 g/mol. The highest BCUT2D eigenvalue weighted by Crippen LogP contribution is 2.43. The number of benzene rings is 1. The summed E-state index contributed by atoms with van der Waals surface area (Å²) in [4.78, 5) is 0. The molecule has 0 aromatic heterocycles. The smallest absolute Gasteiger partial charge is 0.167 e. The average Bonchev–Trinajstić information content (AvgIpc) is 2.31. The van der Waals surface area contributed by atoms with Gasteiger partial charge in [0.15, 0.2) is 11.5 Å². The van der Waals surface area contributed by atoms with Crippen molar-refractivity contribution in [2.45, 2.75) is 19.3 Å². The molecule has 0 spiro atoms. The molecule has 0 heterocycles. The molecule has 1 rings (SSSR count). The molecule has 5 heteroatoms. The Morgan fingerprint density at radius 1 is 1.35 bits per heavy atom. The molecule has 0 aliphatic rings. The molecule has 0 amide bonds. The molecule has 0 saturated carbocycles. The lowest BCUT2D eigenvalue weighted by molar-refractivity contribution is 0.209. The van der Waals surface area contributed by atoms with E-state index in [1.807, 2.05) is 0 Å². The maximum Gasteiger partial charge on any atom is 0.167 e. The van der Waals surface area contributed by atoms with Crippen LogP contribution in [0.3, 0.4) is 0 Å². The van der Waals surface area contributed by atoms with Crippen LogP contribution in [0.15, 0.2) is 10.5 Å². The van der Waals surface area contributed by atoms with Gasteiger partial charge in [0.1, 0.15) is 5.82 Å². The van der Waals surface area contributed by atoms with E-state index in [0.717, 1.165) is 0 Å². The van der Waals surface area contributed by atoms with Crippen LogP contribution >= 0.6 is 15.9 Å². The van der Waals surface area contributed by atoms with Gasteiger partial charge in [-0.15, -0.1) is 0 Å². The second-order valence-corrected chi connectivity index (χ2v) is 5.18. The van der Waals surface area contributed by atoms with Gasteiger partial charge >= 0.3 is 0 Å². The minimum atomic E-state index is -0.757. The van der Waals surface area contributed by atoms with Gasteiger partial charge in [-0.05, 0) is 15.9 Å². The zero-order valence-corrected chi connectivity index (χ0v) is 11.9. The second kappa shape index (κ2) is 5.23. The summed E-state index contributed by atoms with van der Waals surface area (Å²) < 4.78 is 24.8. The van der Waals surface area contributed by atoms with Crippen LogP contribution in [-0.4, -0.2) is 25.9 Å². The first-order valence-electron chi connectivity index (χ1n) is 5.10. The van der Waals surface area contributed by atoms with Crippen molar-refractivity contribution < 1.29 is 19.0 Å². The van der Waals surface area contributed by atoms with E-state index in [-0.39, 0.29) is 11.1 Å². The highest BCUT2D eigenvalue weighted by atomic mass is 79.9. The molecule has 0 atom stereocenters. The van der Waals surface area contributed by atoms with Crippen LogP contribution in [0.1, 0.15) is 19.4 Å². The van der Waals surface area contributed by atoms with Crippen molar-refractivity contribution in [2.24, 2.45) is 0 Å². The number of rotatable bonds is 4. The highest BCUT2D eigenvalue weighted by molar-refractivity contribution is 9.10. The van der Waals surface area contributed by atoms with Crippen LogP contribution in [0.2, 0.25) is 0 Å². The van der Waals surface area contributed by atoms with Crippen molar-refractivity contribution in [2.75, 3.05) is 20.8 Å². The van der Waals surface area contributed by atoms with Gasteiger partial charge in [0, 0.05) is 17.0 Å². The Kier molecular flexibility index (Phi) is 4.38. The van der Waals surface area contributed by atoms with Crippen LogP contribution < -0.4 is 9.47 Å². The standard InChI is InChI=1S/C12H16BrFO3/c1-12(2,6-15)9-10(14)7(13)5-8(16-3)11(9)17-4/h5,15H,6H2,1-4H3. The van der Waals surface area contributed by atoms with E-state index < -0.39 is 11.2 Å². The lowest BCUT2D eigenvalue weighted by atomic mass is 9.84. The van der Waals surface area contributed by atoms with E-state index in [1.165, 1.54) is 20.3 Å². The summed E-state index contributed by atoms with van der Waals surface area (Å²) in [6.07, 6.45) is 0. The minimum Gasteiger partial charge on any atom is -0.493 e.